The normalized spacial score (nSPS) is 12.5. The van der Waals surface area contributed by atoms with Crippen LogP contribution in [-0.2, 0) is 0 Å². The summed E-state index contributed by atoms with van der Waals surface area (Å²) in [6.45, 7) is 11.9. The monoisotopic (exact) mass is 398 g/mol. The van der Waals surface area contributed by atoms with Crippen LogP contribution in [0.15, 0.2) is 30.3 Å². The van der Waals surface area contributed by atoms with Gasteiger partial charge in [0.15, 0.2) is 0 Å². The van der Waals surface area contributed by atoms with Crippen molar-refractivity contribution in [3.8, 4) is 11.4 Å². The van der Waals surface area contributed by atoms with Crippen LogP contribution in [0.1, 0.15) is 42.3 Å². The molecule has 1 heterocycles. The molecule has 0 saturated heterocycles. The number of halogens is 1. The van der Waals surface area contributed by atoms with Gasteiger partial charge in [0.05, 0.1) is 17.2 Å². The second kappa shape index (κ2) is 8.33. The number of aryl methyl sites for hydroxylation is 2. The number of imidazole rings is 1. The molecule has 0 bridgehead atoms. The molecule has 1 aromatic heterocycles. The standard InChI is InChI=1S/C22H27ClN4O/c1-6-27(7-2)15(5)24-22(28)16-8-9-17(13(3)10-16)21-25-19-11-14(4)18(23)12-20(19)26-21/h8-12,15H,6-7H2,1-5H3,(H,24,28)(H,25,26). The maximum atomic E-state index is 12.6. The van der Waals surface area contributed by atoms with Gasteiger partial charge in [-0.2, -0.15) is 0 Å². The Morgan fingerprint density at radius 1 is 1.18 bits per heavy atom. The molecule has 148 valence electrons. The van der Waals surface area contributed by atoms with Crippen LogP contribution in [0, 0.1) is 13.8 Å². The van der Waals surface area contributed by atoms with Crippen molar-refractivity contribution in [2.45, 2.75) is 40.8 Å². The fourth-order valence-electron chi connectivity index (χ4n) is 3.47. The van der Waals surface area contributed by atoms with E-state index >= 15 is 0 Å². The summed E-state index contributed by atoms with van der Waals surface area (Å²) in [7, 11) is 0. The number of aromatic amines is 1. The van der Waals surface area contributed by atoms with Gasteiger partial charge in [0.25, 0.3) is 5.91 Å². The molecule has 0 spiro atoms. The maximum absolute atomic E-state index is 12.6. The van der Waals surface area contributed by atoms with E-state index in [1.807, 2.05) is 51.1 Å². The second-order valence-electron chi connectivity index (χ2n) is 7.10. The molecule has 0 saturated carbocycles. The highest BCUT2D eigenvalue weighted by Gasteiger charge is 2.16. The molecular formula is C22H27ClN4O. The Labute approximate surface area is 171 Å². The summed E-state index contributed by atoms with van der Waals surface area (Å²) in [5.74, 6) is 0.707. The molecule has 3 aromatic rings. The Bertz CT molecular complexity index is 968. The zero-order valence-electron chi connectivity index (χ0n) is 17.1. The van der Waals surface area contributed by atoms with Gasteiger partial charge in [-0.25, -0.2) is 4.98 Å². The fraction of sp³-hybridized carbons (Fsp3) is 0.364. The minimum absolute atomic E-state index is 0.00848. The van der Waals surface area contributed by atoms with Crippen LogP contribution in [0.4, 0.5) is 0 Å². The van der Waals surface area contributed by atoms with Crippen molar-refractivity contribution in [2.75, 3.05) is 13.1 Å². The zero-order chi connectivity index (χ0) is 20.4. The summed E-state index contributed by atoms with van der Waals surface area (Å²) >= 11 is 6.21. The third kappa shape index (κ3) is 4.05. The van der Waals surface area contributed by atoms with E-state index in [4.69, 9.17) is 11.6 Å². The number of H-pyrrole nitrogens is 1. The lowest BCUT2D eigenvalue weighted by atomic mass is 10.0. The Balaban J connectivity index is 1.85. The van der Waals surface area contributed by atoms with Crippen LogP contribution >= 0.6 is 11.6 Å². The highest BCUT2D eigenvalue weighted by molar-refractivity contribution is 6.32. The smallest absolute Gasteiger partial charge is 0.252 e. The molecule has 2 aromatic carbocycles. The van der Waals surface area contributed by atoms with E-state index in [2.05, 4.69) is 34.0 Å². The molecule has 0 aliphatic carbocycles. The van der Waals surface area contributed by atoms with E-state index in [-0.39, 0.29) is 12.1 Å². The molecule has 6 heteroatoms. The number of benzene rings is 2. The molecule has 0 aliphatic rings. The first-order chi connectivity index (χ1) is 13.3. The average molecular weight is 399 g/mol. The largest absolute Gasteiger partial charge is 0.338 e. The SMILES string of the molecule is CCN(CC)C(C)NC(=O)c1ccc(-c2nc3cc(Cl)c(C)cc3[nH]2)c(C)c1. The van der Waals surface area contributed by atoms with Gasteiger partial charge in [-0.15, -0.1) is 0 Å². The molecule has 5 nitrogen and oxygen atoms in total. The van der Waals surface area contributed by atoms with Crippen molar-refractivity contribution in [3.05, 3.63) is 52.0 Å². The Kier molecular flexibility index (Phi) is 6.06. The van der Waals surface area contributed by atoms with Gasteiger partial charge in [-0.05, 0) is 69.3 Å². The lowest BCUT2D eigenvalue weighted by Crippen LogP contribution is -2.46. The third-order valence-electron chi connectivity index (χ3n) is 5.21. The number of hydrogen-bond acceptors (Lipinski definition) is 3. The first-order valence-electron chi connectivity index (χ1n) is 9.65. The quantitative estimate of drug-likeness (QED) is 0.579. The molecular weight excluding hydrogens is 372 g/mol. The summed E-state index contributed by atoms with van der Waals surface area (Å²) in [6, 6.07) is 9.57. The van der Waals surface area contributed by atoms with Crippen LogP contribution in [0.3, 0.4) is 0 Å². The van der Waals surface area contributed by atoms with Crippen LogP contribution in [0.5, 0.6) is 0 Å². The summed E-state index contributed by atoms with van der Waals surface area (Å²) in [5, 5.41) is 3.77. The minimum atomic E-state index is -0.0685. The molecule has 2 N–H and O–H groups in total. The number of fused-ring (bicyclic) bond motifs is 1. The predicted octanol–water partition coefficient (Wildman–Crippen LogP) is 4.92. The molecule has 1 unspecified atom stereocenters. The van der Waals surface area contributed by atoms with Crippen molar-refractivity contribution in [1.29, 1.82) is 0 Å². The first kappa shape index (κ1) is 20.4. The van der Waals surface area contributed by atoms with Crippen molar-refractivity contribution in [2.24, 2.45) is 0 Å². The molecule has 3 rings (SSSR count). The predicted molar refractivity (Wildman–Crippen MR) is 116 cm³/mol. The molecule has 0 fully saturated rings. The maximum Gasteiger partial charge on any atom is 0.252 e. The van der Waals surface area contributed by atoms with Crippen LogP contribution in [0.25, 0.3) is 22.4 Å². The molecule has 1 atom stereocenters. The van der Waals surface area contributed by atoms with Gasteiger partial charge in [0.2, 0.25) is 0 Å². The van der Waals surface area contributed by atoms with E-state index in [1.54, 1.807) is 0 Å². The third-order valence-corrected chi connectivity index (χ3v) is 5.61. The van der Waals surface area contributed by atoms with Crippen molar-refractivity contribution < 1.29 is 4.79 Å². The van der Waals surface area contributed by atoms with Crippen LogP contribution < -0.4 is 5.32 Å². The summed E-state index contributed by atoms with van der Waals surface area (Å²) in [4.78, 5) is 22.8. The number of rotatable bonds is 6. The number of hydrogen-bond donors (Lipinski definition) is 2. The van der Waals surface area contributed by atoms with E-state index in [0.29, 0.717) is 10.6 Å². The topological polar surface area (TPSA) is 61.0 Å². The van der Waals surface area contributed by atoms with E-state index in [0.717, 1.165) is 46.6 Å². The van der Waals surface area contributed by atoms with Crippen LogP contribution in [0.2, 0.25) is 5.02 Å². The van der Waals surface area contributed by atoms with Gasteiger partial charge in [-0.1, -0.05) is 31.5 Å². The van der Waals surface area contributed by atoms with Gasteiger partial charge in [0.1, 0.15) is 5.82 Å². The number of amides is 1. The Morgan fingerprint density at radius 3 is 2.54 bits per heavy atom. The second-order valence-corrected chi connectivity index (χ2v) is 7.51. The van der Waals surface area contributed by atoms with Gasteiger partial charge < -0.3 is 10.3 Å². The molecule has 28 heavy (non-hydrogen) atoms. The van der Waals surface area contributed by atoms with E-state index in [1.165, 1.54) is 0 Å². The van der Waals surface area contributed by atoms with E-state index in [9.17, 15) is 4.79 Å². The molecule has 1 amide bonds. The molecule has 0 radical (unpaired) electrons. The number of carbonyl (C=O) groups is 1. The summed E-state index contributed by atoms with van der Waals surface area (Å²) < 4.78 is 0. The van der Waals surface area contributed by atoms with Gasteiger partial charge in [0, 0.05) is 16.1 Å². The average Bonchev–Trinajstić information content (AvgIpc) is 3.05. The zero-order valence-corrected chi connectivity index (χ0v) is 17.8. The number of carbonyl (C=O) groups excluding carboxylic acids is 1. The Hall–Kier alpha value is -2.37. The lowest BCUT2D eigenvalue weighted by molar-refractivity contribution is 0.0875. The minimum Gasteiger partial charge on any atom is -0.338 e. The highest BCUT2D eigenvalue weighted by Crippen LogP contribution is 2.27. The summed E-state index contributed by atoms with van der Waals surface area (Å²) in [6.07, 6.45) is -0.00848. The molecule has 0 aliphatic heterocycles. The fourth-order valence-corrected chi connectivity index (χ4v) is 3.63. The highest BCUT2D eigenvalue weighted by atomic mass is 35.5. The van der Waals surface area contributed by atoms with Gasteiger partial charge >= 0.3 is 0 Å². The van der Waals surface area contributed by atoms with Crippen LogP contribution in [-0.4, -0.2) is 40.0 Å². The number of aromatic nitrogens is 2. The van der Waals surface area contributed by atoms with Crippen molar-refractivity contribution in [3.63, 3.8) is 0 Å². The first-order valence-corrected chi connectivity index (χ1v) is 10.0. The van der Waals surface area contributed by atoms with Gasteiger partial charge in [-0.3, -0.25) is 9.69 Å². The lowest BCUT2D eigenvalue weighted by Gasteiger charge is -2.27. The number of nitrogens with one attached hydrogen (secondary N) is 2. The number of nitrogens with zero attached hydrogens (tertiary/aromatic N) is 2. The Morgan fingerprint density at radius 2 is 1.89 bits per heavy atom. The van der Waals surface area contributed by atoms with Crippen molar-refractivity contribution >= 4 is 28.5 Å². The van der Waals surface area contributed by atoms with E-state index < -0.39 is 0 Å². The summed E-state index contributed by atoms with van der Waals surface area (Å²) in [5.41, 5.74) is 5.40. The van der Waals surface area contributed by atoms with Crippen molar-refractivity contribution in [1.82, 2.24) is 20.2 Å².